The zero-order chi connectivity index (χ0) is 12.9. The molecule has 4 nitrogen and oxygen atoms in total. The third kappa shape index (κ3) is 1.29. The molecular weight excluding hydrogens is 230 g/mol. The van der Waals surface area contributed by atoms with E-state index in [0.717, 1.165) is 5.56 Å². The predicted octanol–water partition coefficient (Wildman–Crippen LogP) is 1.87. The first-order valence-corrected chi connectivity index (χ1v) is 5.47. The molecule has 0 bridgehead atoms. The van der Waals surface area contributed by atoms with Gasteiger partial charge < -0.3 is 5.11 Å². The molecule has 88 valence electrons. The lowest BCUT2D eigenvalue weighted by atomic mass is 9.86. The Labute approximate surface area is 103 Å². The molecule has 0 unspecified atom stereocenters. The van der Waals surface area contributed by atoms with Gasteiger partial charge in [-0.2, -0.15) is 0 Å². The van der Waals surface area contributed by atoms with E-state index in [9.17, 15) is 14.7 Å². The highest BCUT2D eigenvalue weighted by Gasteiger charge is 2.32. The molecular formula is C14H9NO3. The number of aromatic nitrogens is 1. The lowest BCUT2D eigenvalue weighted by Gasteiger charge is -2.17. The molecule has 0 atom stereocenters. The Morgan fingerprint density at radius 3 is 2.67 bits per heavy atom. The number of nitrogens with zero attached hydrogens (tertiary/aromatic N) is 1. The summed E-state index contributed by atoms with van der Waals surface area (Å²) in [5.74, 6) is -0.858. The summed E-state index contributed by atoms with van der Waals surface area (Å²) in [5, 5.41) is 9.72. The first-order valence-electron chi connectivity index (χ1n) is 5.47. The quantitative estimate of drug-likeness (QED) is 0.650. The lowest BCUT2D eigenvalue weighted by molar-refractivity contribution is 0.0973. The number of aryl methyl sites for hydroxylation is 1. The van der Waals surface area contributed by atoms with Crippen molar-refractivity contribution < 1.29 is 14.7 Å². The van der Waals surface area contributed by atoms with E-state index in [1.165, 1.54) is 12.3 Å². The van der Waals surface area contributed by atoms with Gasteiger partial charge >= 0.3 is 0 Å². The van der Waals surface area contributed by atoms with Crippen molar-refractivity contribution in [1.29, 1.82) is 0 Å². The molecule has 1 aliphatic rings. The number of carbonyl (C=O) groups excluding carboxylic acids is 2. The molecule has 1 heterocycles. The van der Waals surface area contributed by atoms with Crippen molar-refractivity contribution in [1.82, 2.24) is 4.98 Å². The number of fused-ring (bicyclic) bond motifs is 2. The highest BCUT2D eigenvalue weighted by molar-refractivity contribution is 6.28. The van der Waals surface area contributed by atoms with Crippen LogP contribution in [-0.4, -0.2) is 21.7 Å². The largest absolute Gasteiger partial charge is 0.507 e. The zero-order valence-electron chi connectivity index (χ0n) is 9.60. The van der Waals surface area contributed by atoms with Gasteiger partial charge in [-0.25, -0.2) is 0 Å². The van der Waals surface area contributed by atoms with Crippen LogP contribution in [0.2, 0.25) is 0 Å². The van der Waals surface area contributed by atoms with Gasteiger partial charge in [-0.15, -0.1) is 0 Å². The van der Waals surface area contributed by atoms with Crippen LogP contribution in [0, 0.1) is 6.92 Å². The second kappa shape index (κ2) is 3.50. The van der Waals surface area contributed by atoms with Crippen LogP contribution in [-0.2, 0) is 0 Å². The summed E-state index contributed by atoms with van der Waals surface area (Å²) in [7, 11) is 0. The fourth-order valence-corrected chi connectivity index (χ4v) is 2.15. The Kier molecular flexibility index (Phi) is 2.07. The number of ketones is 2. The average molecular weight is 239 g/mol. The summed E-state index contributed by atoms with van der Waals surface area (Å²) >= 11 is 0. The summed E-state index contributed by atoms with van der Waals surface area (Å²) in [5.41, 5.74) is 1.52. The van der Waals surface area contributed by atoms with Crippen LogP contribution < -0.4 is 0 Å². The molecule has 0 spiro atoms. The number of aromatic hydroxyl groups is 1. The van der Waals surface area contributed by atoms with Crippen LogP contribution in [0.3, 0.4) is 0 Å². The van der Waals surface area contributed by atoms with Gasteiger partial charge in [0.1, 0.15) is 11.4 Å². The monoisotopic (exact) mass is 239 g/mol. The highest BCUT2D eigenvalue weighted by Crippen LogP contribution is 2.31. The van der Waals surface area contributed by atoms with Crippen molar-refractivity contribution in [2.75, 3.05) is 0 Å². The standard InChI is InChI=1S/C14H9NO3/c1-7-5-9-12(15-6-7)14(18)11-8(13(9)17)3-2-4-10(11)16/h2-6,16H,1H3. The van der Waals surface area contributed by atoms with Gasteiger partial charge in [0.05, 0.1) is 11.1 Å². The van der Waals surface area contributed by atoms with Gasteiger partial charge in [-0.05, 0) is 24.6 Å². The predicted molar refractivity (Wildman–Crippen MR) is 63.9 cm³/mol. The maximum Gasteiger partial charge on any atom is 0.216 e. The van der Waals surface area contributed by atoms with Crippen LogP contribution in [0.25, 0.3) is 0 Å². The number of phenols is 1. The number of benzene rings is 1. The van der Waals surface area contributed by atoms with E-state index in [-0.39, 0.29) is 28.4 Å². The molecule has 0 saturated carbocycles. The molecule has 1 aliphatic carbocycles. The van der Waals surface area contributed by atoms with Crippen molar-refractivity contribution in [2.45, 2.75) is 6.92 Å². The SMILES string of the molecule is Cc1cnc2c(c1)C(=O)c1cccc(O)c1C2=O. The fraction of sp³-hybridized carbons (Fsp3) is 0.0714. The van der Waals surface area contributed by atoms with Crippen LogP contribution in [0.15, 0.2) is 30.5 Å². The van der Waals surface area contributed by atoms with Crippen molar-refractivity contribution in [3.63, 3.8) is 0 Å². The van der Waals surface area contributed by atoms with Gasteiger partial charge in [-0.3, -0.25) is 14.6 Å². The maximum atomic E-state index is 12.3. The highest BCUT2D eigenvalue weighted by atomic mass is 16.3. The molecule has 4 heteroatoms. The fourth-order valence-electron chi connectivity index (χ4n) is 2.15. The Bertz CT molecular complexity index is 700. The number of hydrogen-bond acceptors (Lipinski definition) is 4. The van der Waals surface area contributed by atoms with Crippen LogP contribution in [0.4, 0.5) is 0 Å². The molecule has 0 saturated heterocycles. The van der Waals surface area contributed by atoms with E-state index in [0.29, 0.717) is 5.56 Å². The molecule has 0 amide bonds. The van der Waals surface area contributed by atoms with E-state index in [4.69, 9.17) is 0 Å². The number of carbonyl (C=O) groups is 2. The number of pyridine rings is 1. The molecule has 1 N–H and O–H groups in total. The van der Waals surface area contributed by atoms with Crippen molar-refractivity contribution in [2.24, 2.45) is 0 Å². The van der Waals surface area contributed by atoms with E-state index >= 15 is 0 Å². The molecule has 0 fully saturated rings. The first kappa shape index (κ1) is 10.7. The van der Waals surface area contributed by atoms with Crippen LogP contribution in [0.5, 0.6) is 5.75 Å². The Hall–Kier alpha value is -2.49. The third-order valence-electron chi connectivity index (χ3n) is 3.00. The topological polar surface area (TPSA) is 67.3 Å². The van der Waals surface area contributed by atoms with Crippen molar-refractivity contribution >= 4 is 11.6 Å². The minimum absolute atomic E-state index is 0.0475. The number of hydrogen-bond donors (Lipinski definition) is 1. The number of rotatable bonds is 0. The minimum atomic E-state index is -0.405. The molecule has 0 radical (unpaired) electrons. The lowest BCUT2D eigenvalue weighted by Crippen LogP contribution is -2.22. The Morgan fingerprint density at radius 2 is 1.89 bits per heavy atom. The minimum Gasteiger partial charge on any atom is -0.507 e. The normalized spacial score (nSPS) is 13.2. The van der Waals surface area contributed by atoms with E-state index < -0.39 is 5.78 Å². The van der Waals surface area contributed by atoms with Crippen molar-refractivity contribution in [3.8, 4) is 5.75 Å². The van der Waals surface area contributed by atoms with Gasteiger partial charge in [0, 0.05) is 11.8 Å². The zero-order valence-corrected chi connectivity index (χ0v) is 9.60. The van der Waals surface area contributed by atoms with E-state index in [1.54, 1.807) is 18.2 Å². The maximum absolute atomic E-state index is 12.3. The van der Waals surface area contributed by atoms with E-state index in [2.05, 4.69) is 4.98 Å². The van der Waals surface area contributed by atoms with Gasteiger partial charge in [-0.1, -0.05) is 12.1 Å². The summed E-state index contributed by atoms with van der Waals surface area (Å²) in [6.45, 7) is 1.81. The summed E-state index contributed by atoms with van der Waals surface area (Å²) in [6.07, 6.45) is 1.54. The summed E-state index contributed by atoms with van der Waals surface area (Å²) < 4.78 is 0. The average Bonchev–Trinajstić information content (AvgIpc) is 2.35. The molecule has 1 aromatic heterocycles. The second-order valence-corrected chi connectivity index (χ2v) is 4.27. The van der Waals surface area contributed by atoms with Crippen LogP contribution >= 0.6 is 0 Å². The molecule has 2 aromatic rings. The second-order valence-electron chi connectivity index (χ2n) is 4.27. The Balaban J connectivity index is 2.35. The molecule has 0 aliphatic heterocycles. The van der Waals surface area contributed by atoms with Gasteiger partial charge in [0.2, 0.25) is 5.78 Å². The van der Waals surface area contributed by atoms with Gasteiger partial charge in [0.25, 0.3) is 0 Å². The molecule has 1 aromatic carbocycles. The van der Waals surface area contributed by atoms with Crippen LogP contribution in [0.1, 0.15) is 37.5 Å². The molecule has 3 rings (SSSR count). The Morgan fingerprint density at radius 1 is 1.11 bits per heavy atom. The summed E-state index contributed by atoms with van der Waals surface area (Å²) in [4.78, 5) is 28.5. The van der Waals surface area contributed by atoms with Gasteiger partial charge in [0.15, 0.2) is 5.78 Å². The number of phenolic OH excluding ortho intramolecular Hbond substituents is 1. The summed E-state index contributed by atoms with van der Waals surface area (Å²) in [6, 6.07) is 6.13. The third-order valence-corrected chi connectivity index (χ3v) is 3.00. The first-order chi connectivity index (χ1) is 8.59. The van der Waals surface area contributed by atoms with E-state index in [1.807, 2.05) is 6.92 Å². The molecule has 18 heavy (non-hydrogen) atoms. The smallest absolute Gasteiger partial charge is 0.216 e. The van der Waals surface area contributed by atoms with Crippen molar-refractivity contribution in [3.05, 3.63) is 58.4 Å².